The summed E-state index contributed by atoms with van der Waals surface area (Å²) >= 11 is 0. The van der Waals surface area contributed by atoms with Gasteiger partial charge in [0, 0.05) is 5.92 Å². The fourth-order valence-corrected chi connectivity index (χ4v) is 4.29. The van der Waals surface area contributed by atoms with Gasteiger partial charge in [-0.05, 0) is 49.9 Å². The lowest BCUT2D eigenvalue weighted by Crippen LogP contribution is -2.22. The maximum absolute atomic E-state index is 2.60. The highest BCUT2D eigenvalue weighted by Gasteiger charge is 2.48. The van der Waals surface area contributed by atoms with Gasteiger partial charge in [0.1, 0.15) is 0 Å². The minimum atomic E-state index is 0.870. The monoisotopic (exact) mass is 230 g/mol. The van der Waals surface area contributed by atoms with Crippen molar-refractivity contribution in [2.75, 3.05) is 0 Å². The number of hydrogen-bond donors (Lipinski definition) is 0. The SMILES string of the molecule is CC(C)CCCC=C1CC2CC1C1=C2CC1C. The first-order valence-electron chi connectivity index (χ1n) is 7.58. The summed E-state index contributed by atoms with van der Waals surface area (Å²) in [6.45, 7) is 7.09. The summed E-state index contributed by atoms with van der Waals surface area (Å²) in [4.78, 5) is 0. The summed E-state index contributed by atoms with van der Waals surface area (Å²) in [7, 11) is 0. The van der Waals surface area contributed by atoms with Gasteiger partial charge in [0.05, 0.1) is 0 Å². The second kappa shape index (κ2) is 4.30. The third-order valence-electron chi connectivity index (χ3n) is 5.14. The Morgan fingerprint density at radius 2 is 2.12 bits per heavy atom. The second-order valence-corrected chi connectivity index (χ2v) is 6.88. The van der Waals surface area contributed by atoms with Gasteiger partial charge in [-0.25, -0.2) is 0 Å². The van der Waals surface area contributed by atoms with Crippen LogP contribution >= 0.6 is 0 Å². The maximum Gasteiger partial charge on any atom is 0.00185 e. The standard InChI is InChI=1S/C17H26/c1-11(2)6-4-5-7-13-9-14-10-16(13)17-12(3)8-15(14)17/h7,11-12,14,16H,4-6,8-10H2,1-3H3. The molecule has 0 nitrogen and oxygen atoms in total. The first kappa shape index (κ1) is 11.6. The van der Waals surface area contributed by atoms with Crippen LogP contribution < -0.4 is 0 Å². The molecule has 3 rings (SSSR count). The molecule has 17 heavy (non-hydrogen) atoms. The minimum absolute atomic E-state index is 0.870. The highest BCUT2D eigenvalue weighted by atomic mass is 14.5. The molecule has 0 aliphatic heterocycles. The highest BCUT2D eigenvalue weighted by Crippen LogP contribution is 2.61. The molecule has 0 aromatic heterocycles. The zero-order chi connectivity index (χ0) is 12.0. The lowest BCUT2D eigenvalue weighted by atomic mass is 9.70. The predicted molar refractivity (Wildman–Crippen MR) is 73.8 cm³/mol. The van der Waals surface area contributed by atoms with E-state index in [1.165, 1.54) is 38.5 Å². The minimum Gasteiger partial charge on any atom is -0.0847 e. The lowest BCUT2D eigenvalue weighted by Gasteiger charge is -2.35. The average Bonchev–Trinajstić information content (AvgIpc) is 2.76. The van der Waals surface area contributed by atoms with Gasteiger partial charge < -0.3 is 0 Å². The third-order valence-corrected chi connectivity index (χ3v) is 5.14. The Hall–Kier alpha value is -0.520. The van der Waals surface area contributed by atoms with E-state index in [0.29, 0.717) is 0 Å². The molecule has 94 valence electrons. The van der Waals surface area contributed by atoms with Crippen LogP contribution in [0.15, 0.2) is 22.8 Å². The second-order valence-electron chi connectivity index (χ2n) is 6.88. The molecule has 0 amide bonds. The summed E-state index contributed by atoms with van der Waals surface area (Å²) in [5, 5.41) is 0. The molecule has 0 spiro atoms. The van der Waals surface area contributed by atoms with Gasteiger partial charge in [0.15, 0.2) is 0 Å². The van der Waals surface area contributed by atoms with E-state index in [2.05, 4.69) is 26.8 Å². The van der Waals surface area contributed by atoms with Crippen LogP contribution in [0.2, 0.25) is 0 Å². The first-order chi connectivity index (χ1) is 8.16. The molecule has 0 N–H and O–H groups in total. The number of unbranched alkanes of at least 4 members (excludes halogenated alkanes) is 1. The van der Waals surface area contributed by atoms with Crippen LogP contribution in [0.5, 0.6) is 0 Å². The van der Waals surface area contributed by atoms with Crippen LogP contribution in [0, 0.1) is 23.7 Å². The molecule has 3 atom stereocenters. The summed E-state index contributed by atoms with van der Waals surface area (Å²) in [6, 6.07) is 0. The van der Waals surface area contributed by atoms with Gasteiger partial charge in [0.25, 0.3) is 0 Å². The van der Waals surface area contributed by atoms with Gasteiger partial charge in [-0.1, -0.05) is 50.0 Å². The van der Waals surface area contributed by atoms with Crippen molar-refractivity contribution in [2.45, 2.75) is 59.3 Å². The van der Waals surface area contributed by atoms with Crippen molar-refractivity contribution in [1.82, 2.24) is 0 Å². The lowest BCUT2D eigenvalue weighted by molar-refractivity contribution is 0.502. The molecule has 0 aromatic carbocycles. The van der Waals surface area contributed by atoms with Crippen LogP contribution in [0.25, 0.3) is 0 Å². The Labute approximate surface area is 106 Å². The number of allylic oxidation sites excluding steroid dienone is 4. The van der Waals surface area contributed by atoms with E-state index >= 15 is 0 Å². The van der Waals surface area contributed by atoms with Crippen LogP contribution in [-0.2, 0) is 0 Å². The summed E-state index contributed by atoms with van der Waals surface area (Å²) in [5.41, 5.74) is 5.56. The molecule has 0 heterocycles. The fraction of sp³-hybridized carbons (Fsp3) is 0.765. The van der Waals surface area contributed by atoms with Crippen LogP contribution in [0.1, 0.15) is 59.3 Å². The Morgan fingerprint density at radius 3 is 2.82 bits per heavy atom. The van der Waals surface area contributed by atoms with Crippen molar-refractivity contribution in [3.05, 3.63) is 22.8 Å². The van der Waals surface area contributed by atoms with Crippen molar-refractivity contribution < 1.29 is 0 Å². The van der Waals surface area contributed by atoms with E-state index in [9.17, 15) is 0 Å². The molecule has 0 radical (unpaired) electrons. The molecule has 1 fully saturated rings. The van der Waals surface area contributed by atoms with Crippen LogP contribution in [0.3, 0.4) is 0 Å². The number of rotatable bonds is 4. The van der Waals surface area contributed by atoms with Crippen molar-refractivity contribution in [3.63, 3.8) is 0 Å². The predicted octanol–water partition coefficient (Wildman–Crippen LogP) is 5.12. The van der Waals surface area contributed by atoms with Crippen molar-refractivity contribution in [2.24, 2.45) is 23.7 Å². The van der Waals surface area contributed by atoms with Gasteiger partial charge in [0.2, 0.25) is 0 Å². The molecular formula is C17H26. The largest absolute Gasteiger partial charge is 0.0847 e. The normalized spacial score (nSPS) is 36.9. The quantitative estimate of drug-likeness (QED) is 0.465. The van der Waals surface area contributed by atoms with E-state index in [1.807, 2.05) is 16.7 Å². The molecule has 3 unspecified atom stereocenters. The van der Waals surface area contributed by atoms with Gasteiger partial charge in [-0.3, -0.25) is 0 Å². The number of fused-ring (bicyclic) bond motifs is 4. The molecule has 3 aliphatic carbocycles. The van der Waals surface area contributed by atoms with E-state index < -0.39 is 0 Å². The number of hydrogen-bond acceptors (Lipinski definition) is 0. The van der Waals surface area contributed by atoms with Crippen LogP contribution in [0.4, 0.5) is 0 Å². The summed E-state index contributed by atoms with van der Waals surface area (Å²) in [6.07, 6.45) is 11.0. The topological polar surface area (TPSA) is 0 Å². The fourth-order valence-electron chi connectivity index (χ4n) is 4.29. The molecule has 0 heteroatoms. The average molecular weight is 230 g/mol. The van der Waals surface area contributed by atoms with E-state index in [0.717, 1.165) is 23.7 Å². The molecule has 1 saturated carbocycles. The van der Waals surface area contributed by atoms with E-state index in [4.69, 9.17) is 0 Å². The Kier molecular flexibility index (Phi) is 2.92. The summed E-state index contributed by atoms with van der Waals surface area (Å²) < 4.78 is 0. The van der Waals surface area contributed by atoms with Crippen molar-refractivity contribution >= 4 is 0 Å². The Balaban J connectivity index is 1.59. The Bertz CT molecular complexity index is 369. The van der Waals surface area contributed by atoms with Crippen molar-refractivity contribution in [3.8, 4) is 0 Å². The highest BCUT2D eigenvalue weighted by molar-refractivity contribution is 5.46. The zero-order valence-electron chi connectivity index (χ0n) is 11.6. The van der Waals surface area contributed by atoms with E-state index in [1.54, 1.807) is 0 Å². The smallest absolute Gasteiger partial charge is 0.00185 e. The first-order valence-corrected chi connectivity index (χ1v) is 7.58. The molecular weight excluding hydrogens is 204 g/mol. The van der Waals surface area contributed by atoms with Gasteiger partial charge in [-0.2, -0.15) is 0 Å². The molecule has 3 aliphatic rings. The third kappa shape index (κ3) is 1.90. The maximum atomic E-state index is 2.60. The van der Waals surface area contributed by atoms with Crippen molar-refractivity contribution in [1.29, 1.82) is 0 Å². The zero-order valence-corrected chi connectivity index (χ0v) is 11.6. The Morgan fingerprint density at radius 1 is 1.29 bits per heavy atom. The van der Waals surface area contributed by atoms with Gasteiger partial charge in [-0.15, -0.1) is 0 Å². The van der Waals surface area contributed by atoms with E-state index in [-0.39, 0.29) is 0 Å². The molecule has 2 bridgehead atoms. The molecule has 0 saturated heterocycles. The van der Waals surface area contributed by atoms with Gasteiger partial charge >= 0.3 is 0 Å². The summed E-state index contributed by atoms with van der Waals surface area (Å²) in [5.74, 6) is 3.66. The van der Waals surface area contributed by atoms with Crippen LogP contribution in [-0.4, -0.2) is 0 Å². The molecule has 0 aromatic rings.